The van der Waals surface area contributed by atoms with E-state index in [-0.39, 0.29) is 25.0 Å². The van der Waals surface area contributed by atoms with Gasteiger partial charge in [-0.2, -0.15) is 0 Å². The molecule has 3 N–H and O–H groups in total. The fraction of sp³-hybridized carbons (Fsp3) is 0.423. The van der Waals surface area contributed by atoms with Crippen molar-refractivity contribution >= 4 is 18.0 Å². The summed E-state index contributed by atoms with van der Waals surface area (Å²) >= 11 is 0. The Morgan fingerprint density at radius 2 is 1.61 bits per heavy atom. The van der Waals surface area contributed by atoms with Gasteiger partial charge in [0.15, 0.2) is 0 Å². The minimum absolute atomic E-state index is 0.0302. The zero-order valence-electron chi connectivity index (χ0n) is 19.0. The third-order valence-corrected chi connectivity index (χ3v) is 6.81. The molecule has 0 heterocycles. The zero-order chi connectivity index (χ0) is 23.6. The van der Waals surface area contributed by atoms with Crippen molar-refractivity contribution in [1.82, 2.24) is 10.6 Å². The number of ether oxygens (including phenoxy) is 1. The highest BCUT2D eigenvalue weighted by atomic mass is 16.5. The van der Waals surface area contributed by atoms with E-state index in [0.717, 1.165) is 41.5 Å². The number of nitrogens with one attached hydrogen (secondary N) is 2. The molecule has 0 saturated heterocycles. The SMILES string of the molecule is CC(C)(CNC(=O)OCC1c2ccccc2-c2ccccc21)C(=O)NC(C(=O)O)C1CCC1. The van der Waals surface area contributed by atoms with E-state index >= 15 is 0 Å². The third kappa shape index (κ3) is 4.72. The molecular formula is C26H30N2O5. The summed E-state index contributed by atoms with van der Waals surface area (Å²) in [7, 11) is 0. The molecule has 2 aliphatic rings. The van der Waals surface area contributed by atoms with Crippen LogP contribution < -0.4 is 10.6 Å². The van der Waals surface area contributed by atoms with Crippen molar-refractivity contribution in [2.45, 2.75) is 45.1 Å². The molecule has 0 radical (unpaired) electrons. The molecule has 7 heteroatoms. The van der Waals surface area contributed by atoms with E-state index < -0.39 is 29.4 Å². The molecule has 2 amide bonds. The lowest BCUT2D eigenvalue weighted by Gasteiger charge is -2.34. The quantitative estimate of drug-likeness (QED) is 0.565. The number of carboxylic acid groups (broad SMARTS) is 1. The molecule has 0 bridgehead atoms. The van der Waals surface area contributed by atoms with Crippen molar-refractivity contribution in [1.29, 1.82) is 0 Å². The first-order valence-electron chi connectivity index (χ1n) is 11.4. The van der Waals surface area contributed by atoms with Crippen molar-refractivity contribution in [3.63, 3.8) is 0 Å². The van der Waals surface area contributed by atoms with Crippen LogP contribution in [0.25, 0.3) is 11.1 Å². The summed E-state index contributed by atoms with van der Waals surface area (Å²) in [6.45, 7) is 3.57. The van der Waals surface area contributed by atoms with E-state index in [1.54, 1.807) is 13.8 Å². The number of amides is 2. The first-order valence-corrected chi connectivity index (χ1v) is 11.4. The maximum absolute atomic E-state index is 12.7. The van der Waals surface area contributed by atoms with Gasteiger partial charge in [-0.25, -0.2) is 9.59 Å². The average Bonchev–Trinajstić information content (AvgIpc) is 3.08. The van der Waals surface area contributed by atoms with Gasteiger partial charge in [0.2, 0.25) is 5.91 Å². The second kappa shape index (κ2) is 9.25. The Bertz CT molecular complexity index is 1010. The van der Waals surface area contributed by atoms with Crippen LogP contribution in [0.3, 0.4) is 0 Å². The largest absolute Gasteiger partial charge is 0.480 e. The molecule has 33 heavy (non-hydrogen) atoms. The third-order valence-electron chi connectivity index (χ3n) is 6.81. The molecule has 2 aliphatic carbocycles. The van der Waals surface area contributed by atoms with Gasteiger partial charge in [0.25, 0.3) is 0 Å². The molecule has 0 aliphatic heterocycles. The molecule has 174 valence electrons. The second-order valence-corrected chi connectivity index (χ2v) is 9.54. The van der Waals surface area contributed by atoms with E-state index in [0.29, 0.717) is 0 Å². The van der Waals surface area contributed by atoms with Crippen molar-refractivity contribution < 1.29 is 24.2 Å². The van der Waals surface area contributed by atoms with E-state index in [1.165, 1.54) is 0 Å². The van der Waals surface area contributed by atoms with Crippen LogP contribution in [0.1, 0.15) is 50.2 Å². The summed E-state index contributed by atoms with van der Waals surface area (Å²) < 4.78 is 5.52. The first-order chi connectivity index (χ1) is 15.8. The van der Waals surface area contributed by atoms with Crippen LogP contribution in [0.2, 0.25) is 0 Å². The van der Waals surface area contributed by atoms with Gasteiger partial charge in [-0.3, -0.25) is 4.79 Å². The Hall–Kier alpha value is -3.35. The van der Waals surface area contributed by atoms with Gasteiger partial charge in [-0.15, -0.1) is 0 Å². The number of rotatable bonds is 8. The summed E-state index contributed by atoms with van der Waals surface area (Å²) in [5.41, 5.74) is 3.57. The van der Waals surface area contributed by atoms with E-state index in [1.807, 2.05) is 24.3 Å². The number of hydrogen-bond donors (Lipinski definition) is 3. The standard InChI is InChI=1S/C26H30N2O5/c1-26(2,24(31)28-22(23(29)30)16-8-7-9-16)15-27-25(32)33-14-21-19-12-5-3-10-17(19)18-11-4-6-13-20(18)21/h3-6,10-13,16,21-22H,7-9,14-15H2,1-2H3,(H,27,32)(H,28,31)(H,29,30). The molecule has 7 nitrogen and oxygen atoms in total. The highest BCUT2D eigenvalue weighted by Gasteiger charge is 2.38. The van der Waals surface area contributed by atoms with Gasteiger partial charge in [0, 0.05) is 12.5 Å². The fourth-order valence-electron chi connectivity index (χ4n) is 4.51. The maximum Gasteiger partial charge on any atom is 0.407 e. The summed E-state index contributed by atoms with van der Waals surface area (Å²) in [5, 5.41) is 14.8. The molecule has 2 aromatic rings. The topological polar surface area (TPSA) is 105 Å². The van der Waals surface area contributed by atoms with Crippen LogP contribution in [0, 0.1) is 11.3 Å². The smallest absolute Gasteiger partial charge is 0.407 e. The number of carboxylic acids is 1. The summed E-state index contributed by atoms with van der Waals surface area (Å²) in [5.74, 6) is -1.50. The minimum atomic E-state index is -1.02. The number of benzene rings is 2. The number of aliphatic carboxylic acids is 1. The molecule has 1 fully saturated rings. The van der Waals surface area contributed by atoms with Crippen LogP contribution >= 0.6 is 0 Å². The van der Waals surface area contributed by atoms with E-state index in [2.05, 4.69) is 34.9 Å². The second-order valence-electron chi connectivity index (χ2n) is 9.54. The maximum atomic E-state index is 12.7. The summed E-state index contributed by atoms with van der Waals surface area (Å²) in [6.07, 6.45) is 1.98. The molecule has 2 aromatic carbocycles. The van der Waals surface area contributed by atoms with Gasteiger partial charge in [0.1, 0.15) is 12.6 Å². The average molecular weight is 451 g/mol. The number of alkyl carbamates (subject to hydrolysis) is 1. The molecule has 1 atom stereocenters. The van der Waals surface area contributed by atoms with E-state index in [4.69, 9.17) is 4.74 Å². The van der Waals surface area contributed by atoms with Crippen LogP contribution in [-0.2, 0) is 14.3 Å². The lowest BCUT2D eigenvalue weighted by molar-refractivity contribution is -0.146. The number of carbonyl (C=O) groups is 3. The lowest BCUT2D eigenvalue weighted by Crippen LogP contribution is -2.53. The molecule has 4 rings (SSSR count). The summed E-state index contributed by atoms with van der Waals surface area (Å²) in [4.78, 5) is 36.7. The van der Waals surface area contributed by atoms with Gasteiger partial charge in [-0.1, -0.05) is 55.0 Å². The van der Waals surface area contributed by atoms with Gasteiger partial charge in [0.05, 0.1) is 5.41 Å². The Kier molecular flexibility index (Phi) is 6.40. The number of fused-ring (bicyclic) bond motifs is 3. The Labute approximate surface area is 193 Å². The highest BCUT2D eigenvalue weighted by molar-refractivity contribution is 5.87. The molecule has 0 aromatic heterocycles. The van der Waals surface area contributed by atoms with Crippen LogP contribution in [0.4, 0.5) is 4.79 Å². The van der Waals surface area contributed by atoms with Gasteiger partial charge < -0.3 is 20.5 Å². The Morgan fingerprint density at radius 3 is 2.12 bits per heavy atom. The molecular weight excluding hydrogens is 420 g/mol. The Morgan fingerprint density at radius 1 is 1.03 bits per heavy atom. The molecule has 1 unspecified atom stereocenters. The number of carbonyl (C=O) groups excluding carboxylic acids is 2. The van der Waals surface area contributed by atoms with Gasteiger partial charge in [-0.05, 0) is 54.9 Å². The van der Waals surface area contributed by atoms with Gasteiger partial charge >= 0.3 is 12.1 Å². The Balaban J connectivity index is 1.32. The minimum Gasteiger partial charge on any atom is -0.480 e. The zero-order valence-corrected chi connectivity index (χ0v) is 19.0. The van der Waals surface area contributed by atoms with Crippen LogP contribution in [0.15, 0.2) is 48.5 Å². The van der Waals surface area contributed by atoms with Crippen molar-refractivity contribution in [2.75, 3.05) is 13.2 Å². The predicted octanol–water partition coefficient (Wildman–Crippen LogP) is 3.92. The summed E-state index contributed by atoms with van der Waals surface area (Å²) in [6, 6.07) is 15.3. The van der Waals surface area contributed by atoms with Crippen LogP contribution in [-0.4, -0.2) is 42.3 Å². The molecule has 0 spiro atoms. The first kappa shape index (κ1) is 22.8. The van der Waals surface area contributed by atoms with Crippen molar-refractivity contribution in [3.8, 4) is 11.1 Å². The van der Waals surface area contributed by atoms with E-state index in [9.17, 15) is 19.5 Å². The fourth-order valence-corrected chi connectivity index (χ4v) is 4.51. The lowest BCUT2D eigenvalue weighted by atomic mass is 9.79. The number of hydrogen-bond acceptors (Lipinski definition) is 4. The predicted molar refractivity (Wildman–Crippen MR) is 124 cm³/mol. The normalized spacial score (nSPS) is 16.2. The van der Waals surface area contributed by atoms with Crippen molar-refractivity contribution in [3.05, 3.63) is 59.7 Å². The highest BCUT2D eigenvalue weighted by Crippen LogP contribution is 2.44. The monoisotopic (exact) mass is 450 g/mol. The van der Waals surface area contributed by atoms with Crippen molar-refractivity contribution in [2.24, 2.45) is 11.3 Å². The molecule has 1 saturated carbocycles. The van der Waals surface area contributed by atoms with Crippen LogP contribution in [0.5, 0.6) is 0 Å².